The van der Waals surface area contributed by atoms with E-state index in [0.29, 0.717) is 12.8 Å². The number of hydrogen-bond acceptors (Lipinski definition) is 2. The van der Waals surface area contributed by atoms with Crippen LogP contribution in [-0.4, -0.2) is 31.7 Å². The third-order valence-corrected chi connectivity index (χ3v) is 5.43. The Kier molecular flexibility index (Phi) is 13.8. The Morgan fingerprint density at radius 1 is 0.833 bits per heavy atom. The van der Waals surface area contributed by atoms with E-state index >= 15 is 0 Å². The molecule has 24 heavy (non-hydrogen) atoms. The molecule has 0 spiro atoms. The van der Waals surface area contributed by atoms with E-state index < -0.39 is 29.2 Å². The first kappa shape index (κ1) is 23.7. The van der Waals surface area contributed by atoms with E-state index in [4.69, 9.17) is 5.14 Å². The van der Waals surface area contributed by atoms with Gasteiger partial charge in [0.25, 0.3) is 16.6 Å². The van der Waals surface area contributed by atoms with Crippen LogP contribution in [0.4, 0.5) is 8.78 Å². The van der Waals surface area contributed by atoms with Crippen molar-refractivity contribution in [1.82, 2.24) is 4.31 Å². The second kappa shape index (κ2) is 14.0. The summed E-state index contributed by atoms with van der Waals surface area (Å²) >= 11 is 0. The van der Waals surface area contributed by atoms with Crippen molar-refractivity contribution in [2.45, 2.75) is 103 Å². The Morgan fingerprint density at radius 3 is 1.58 bits per heavy atom. The molecule has 0 bridgehead atoms. The minimum atomic E-state index is -4.10. The van der Waals surface area contributed by atoms with Crippen molar-refractivity contribution >= 4 is 10.2 Å². The molecule has 2 N–H and O–H groups in total. The van der Waals surface area contributed by atoms with E-state index in [1.165, 1.54) is 0 Å². The van der Waals surface area contributed by atoms with Crippen molar-refractivity contribution in [3.05, 3.63) is 0 Å². The van der Waals surface area contributed by atoms with Gasteiger partial charge in [0.2, 0.25) is 0 Å². The number of hydrogen-bond donors (Lipinski definition) is 1. The average Bonchev–Trinajstić information content (AvgIpc) is 2.49. The number of rotatable bonds is 16. The maximum absolute atomic E-state index is 12.8. The van der Waals surface area contributed by atoms with Gasteiger partial charge in [-0.1, -0.05) is 78.1 Å². The van der Waals surface area contributed by atoms with Gasteiger partial charge in [0, 0.05) is 6.04 Å². The van der Waals surface area contributed by atoms with Gasteiger partial charge >= 0.3 is 0 Å². The van der Waals surface area contributed by atoms with Crippen LogP contribution in [0.3, 0.4) is 0 Å². The minimum Gasteiger partial charge on any atom is -0.216 e. The Balaban J connectivity index is 4.65. The summed E-state index contributed by atoms with van der Waals surface area (Å²) in [6.45, 7) is 3.46. The molecule has 0 aromatic carbocycles. The van der Waals surface area contributed by atoms with Crippen LogP contribution in [0.1, 0.15) is 90.9 Å². The van der Waals surface area contributed by atoms with E-state index in [1.54, 1.807) is 0 Å². The van der Waals surface area contributed by atoms with Gasteiger partial charge in [-0.25, -0.2) is 13.9 Å². The van der Waals surface area contributed by atoms with Gasteiger partial charge in [-0.15, -0.1) is 0 Å². The topological polar surface area (TPSA) is 63.4 Å². The van der Waals surface area contributed by atoms with Crippen LogP contribution in [0.25, 0.3) is 0 Å². The van der Waals surface area contributed by atoms with E-state index in [1.807, 2.05) is 0 Å². The molecule has 0 unspecified atom stereocenters. The van der Waals surface area contributed by atoms with Gasteiger partial charge in [0.05, 0.1) is 6.54 Å². The first-order chi connectivity index (χ1) is 11.3. The Bertz CT molecular complexity index is 378. The molecule has 0 aromatic heterocycles. The zero-order valence-corrected chi connectivity index (χ0v) is 16.2. The highest BCUT2D eigenvalue weighted by atomic mass is 32.2. The summed E-state index contributed by atoms with van der Waals surface area (Å²) in [6.07, 6.45) is 9.02. The Morgan fingerprint density at radius 2 is 1.25 bits per heavy atom. The smallest absolute Gasteiger partial charge is 0.216 e. The lowest BCUT2D eigenvalue weighted by molar-refractivity contribution is 0.102. The molecular weight excluding hydrogens is 334 g/mol. The molecule has 0 aliphatic heterocycles. The average molecular weight is 371 g/mol. The summed E-state index contributed by atoms with van der Waals surface area (Å²) in [6, 6.07) is -0.405. The molecule has 4 nitrogen and oxygen atoms in total. The fraction of sp³-hybridized carbons (Fsp3) is 1.00. The number of nitrogens with zero attached hydrogens (tertiary/aromatic N) is 1. The van der Waals surface area contributed by atoms with E-state index in [0.717, 1.165) is 68.5 Å². The molecule has 146 valence electrons. The second-order valence-electron chi connectivity index (χ2n) is 6.57. The van der Waals surface area contributed by atoms with E-state index in [-0.39, 0.29) is 0 Å². The lowest BCUT2D eigenvalue weighted by Crippen LogP contribution is -2.46. The SMILES string of the molecule is CCCCCCCC(CCCCCCC)N(CC(F)F)S(N)(=O)=O. The highest BCUT2D eigenvalue weighted by Gasteiger charge is 2.29. The van der Waals surface area contributed by atoms with Crippen LogP contribution in [-0.2, 0) is 10.2 Å². The molecule has 0 fully saturated rings. The van der Waals surface area contributed by atoms with Gasteiger partial charge in [0.1, 0.15) is 0 Å². The first-order valence-electron chi connectivity index (χ1n) is 9.40. The predicted molar refractivity (Wildman–Crippen MR) is 96.4 cm³/mol. The van der Waals surface area contributed by atoms with Crippen molar-refractivity contribution in [2.75, 3.05) is 6.54 Å². The summed E-state index contributed by atoms with van der Waals surface area (Å²) in [4.78, 5) is 0. The summed E-state index contributed by atoms with van der Waals surface area (Å²) in [5.41, 5.74) is 0. The second-order valence-corrected chi connectivity index (χ2v) is 8.06. The van der Waals surface area contributed by atoms with Crippen molar-refractivity contribution < 1.29 is 17.2 Å². The van der Waals surface area contributed by atoms with Crippen LogP contribution in [0.5, 0.6) is 0 Å². The quantitative estimate of drug-likeness (QED) is 0.395. The van der Waals surface area contributed by atoms with E-state index in [2.05, 4.69) is 13.8 Å². The molecule has 7 heteroatoms. The lowest BCUT2D eigenvalue weighted by Gasteiger charge is -2.29. The summed E-state index contributed by atoms with van der Waals surface area (Å²) < 4.78 is 49.9. The Hall–Kier alpha value is -0.270. The fourth-order valence-electron chi connectivity index (χ4n) is 3.00. The van der Waals surface area contributed by atoms with Crippen LogP contribution in [0.2, 0.25) is 0 Å². The molecular formula is C17H36F2N2O2S. The molecule has 0 atom stereocenters. The molecule has 0 rings (SSSR count). The van der Waals surface area contributed by atoms with Crippen LogP contribution >= 0.6 is 0 Å². The van der Waals surface area contributed by atoms with Crippen molar-refractivity contribution in [3.8, 4) is 0 Å². The number of nitrogens with two attached hydrogens (primary N) is 1. The van der Waals surface area contributed by atoms with Gasteiger partial charge in [0.15, 0.2) is 0 Å². The molecule has 0 saturated carbocycles. The van der Waals surface area contributed by atoms with Gasteiger partial charge in [-0.2, -0.15) is 12.7 Å². The number of halogens is 2. The molecule has 0 heterocycles. The summed E-state index contributed by atoms with van der Waals surface area (Å²) in [7, 11) is -4.10. The zero-order chi connectivity index (χ0) is 18.4. The standard InChI is InChI=1S/C17H36F2N2O2S/c1-3-5-7-9-11-13-16(14-12-10-8-6-4-2)21(15-17(18)19)24(20,22)23/h16-17H,3-15H2,1-2H3,(H2,20,22,23). The highest BCUT2D eigenvalue weighted by Crippen LogP contribution is 2.21. The number of alkyl halides is 2. The fourth-order valence-corrected chi connectivity index (χ4v) is 3.94. The molecule has 0 saturated heterocycles. The van der Waals surface area contributed by atoms with Gasteiger partial charge in [-0.05, 0) is 12.8 Å². The zero-order valence-electron chi connectivity index (χ0n) is 15.4. The summed E-state index contributed by atoms with van der Waals surface area (Å²) in [5.74, 6) is 0. The Labute approximate surface area is 147 Å². The van der Waals surface area contributed by atoms with Crippen molar-refractivity contribution in [1.29, 1.82) is 0 Å². The lowest BCUT2D eigenvalue weighted by atomic mass is 10.0. The van der Waals surface area contributed by atoms with Gasteiger partial charge in [-0.3, -0.25) is 0 Å². The maximum atomic E-state index is 12.8. The monoisotopic (exact) mass is 370 g/mol. The van der Waals surface area contributed by atoms with Gasteiger partial charge < -0.3 is 0 Å². The number of unbranched alkanes of at least 4 members (excludes halogenated alkanes) is 8. The van der Waals surface area contributed by atoms with E-state index in [9.17, 15) is 17.2 Å². The minimum absolute atomic E-state index is 0.405. The van der Waals surface area contributed by atoms with Crippen LogP contribution in [0.15, 0.2) is 0 Å². The molecule has 0 aliphatic rings. The normalized spacial score (nSPS) is 12.7. The molecule has 0 aromatic rings. The van der Waals surface area contributed by atoms with Crippen LogP contribution in [0, 0.1) is 0 Å². The highest BCUT2D eigenvalue weighted by molar-refractivity contribution is 7.86. The molecule has 0 radical (unpaired) electrons. The third-order valence-electron chi connectivity index (χ3n) is 4.33. The first-order valence-corrected chi connectivity index (χ1v) is 10.9. The molecule has 0 aliphatic carbocycles. The van der Waals surface area contributed by atoms with Crippen molar-refractivity contribution in [2.24, 2.45) is 5.14 Å². The predicted octanol–water partition coefficient (Wildman–Crippen LogP) is 4.85. The summed E-state index contributed by atoms with van der Waals surface area (Å²) in [5, 5.41) is 5.20. The largest absolute Gasteiger partial charge is 0.277 e. The molecule has 0 amide bonds. The maximum Gasteiger partial charge on any atom is 0.277 e. The van der Waals surface area contributed by atoms with Crippen molar-refractivity contribution in [3.63, 3.8) is 0 Å². The van der Waals surface area contributed by atoms with Crippen LogP contribution < -0.4 is 5.14 Å². The third kappa shape index (κ3) is 12.1.